The quantitative estimate of drug-likeness (QED) is 0.620. The standard InChI is InChI=1S/C17H28/c1-6-14(7-2)17-10-9-16(11-13(4)5)15(8-3)12-17/h9-10,12-14H,6-8,11H2,1-5H3. The van der Waals surface area contributed by atoms with Gasteiger partial charge in [-0.1, -0.05) is 52.8 Å². The van der Waals surface area contributed by atoms with Crippen molar-refractivity contribution in [3.63, 3.8) is 0 Å². The van der Waals surface area contributed by atoms with Gasteiger partial charge in [-0.3, -0.25) is 0 Å². The van der Waals surface area contributed by atoms with Crippen LogP contribution in [0.25, 0.3) is 0 Å². The Morgan fingerprint density at radius 3 is 2.06 bits per heavy atom. The van der Waals surface area contributed by atoms with Gasteiger partial charge in [0, 0.05) is 0 Å². The molecule has 1 aromatic rings. The minimum atomic E-state index is 0.744. The van der Waals surface area contributed by atoms with Gasteiger partial charge < -0.3 is 0 Å². The first-order chi connectivity index (χ1) is 8.12. The number of benzene rings is 1. The second-order valence-electron chi connectivity index (χ2n) is 5.49. The minimum Gasteiger partial charge on any atom is -0.0648 e. The van der Waals surface area contributed by atoms with E-state index in [1.165, 1.54) is 19.3 Å². The van der Waals surface area contributed by atoms with Crippen LogP contribution in [0.4, 0.5) is 0 Å². The fourth-order valence-corrected chi connectivity index (χ4v) is 2.63. The summed E-state index contributed by atoms with van der Waals surface area (Å²) < 4.78 is 0. The zero-order chi connectivity index (χ0) is 12.8. The monoisotopic (exact) mass is 232 g/mol. The van der Waals surface area contributed by atoms with Crippen LogP contribution >= 0.6 is 0 Å². The number of hydrogen-bond donors (Lipinski definition) is 0. The Hall–Kier alpha value is -0.780. The SMILES string of the molecule is CCc1cc(C(CC)CC)ccc1CC(C)C. The second-order valence-corrected chi connectivity index (χ2v) is 5.49. The third-order valence-corrected chi connectivity index (χ3v) is 3.70. The van der Waals surface area contributed by atoms with Gasteiger partial charge in [-0.2, -0.15) is 0 Å². The van der Waals surface area contributed by atoms with Crippen LogP contribution in [0, 0.1) is 5.92 Å². The van der Waals surface area contributed by atoms with Crippen LogP contribution in [0.2, 0.25) is 0 Å². The van der Waals surface area contributed by atoms with E-state index in [0.717, 1.165) is 18.3 Å². The van der Waals surface area contributed by atoms with E-state index in [0.29, 0.717) is 0 Å². The predicted octanol–water partition coefficient (Wildman–Crippen LogP) is 5.35. The van der Waals surface area contributed by atoms with E-state index in [9.17, 15) is 0 Å². The number of aryl methyl sites for hydroxylation is 1. The summed E-state index contributed by atoms with van der Waals surface area (Å²) >= 11 is 0. The lowest BCUT2D eigenvalue weighted by molar-refractivity contribution is 0.631. The molecule has 96 valence electrons. The van der Waals surface area contributed by atoms with Crippen LogP contribution < -0.4 is 0 Å². The molecule has 1 aromatic carbocycles. The molecule has 0 aliphatic rings. The molecule has 0 radical (unpaired) electrons. The third kappa shape index (κ3) is 3.87. The van der Waals surface area contributed by atoms with E-state index < -0.39 is 0 Å². The Morgan fingerprint density at radius 1 is 0.941 bits per heavy atom. The van der Waals surface area contributed by atoms with Crippen LogP contribution in [-0.4, -0.2) is 0 Å². The molecule has 0 nitrogen and oxygen atoms in total. The summed E-state index contributed by atoms with van der Waals surface area (Å²) in [5.74, 6) is 1.49. The van der Waals surface area contributed by atoms with E-state index >= 15 is 0 Å². The van der Waals surface area contributed by atoms with E-state index in [1.807, 2.05) is 0 Å². The summed E-state index contributed by atoms with van der Waals surface area (Å²) in [6.07, 6.45) is 4.88. The van der Waals surface area contributed by atoms with Gasteiger partial charge in [0.2, 0.25) is 0 Å². The highest BCUT2D eigenvalue weighted by Crippen LogP contribution is 2.26. The molecule has 0 saturated carbocycles. The van der Waals surface area contributed by atoms with Crippen LogP contribution in [0.5, 0.6) is 0 Å². The van der Waals surface area contributed by atoms with Gasteiger partial charge in [-0.15, -0.1) is 0 Å². The first kappa shape index (κ1) is 14.3. The highest BCUT2D eigenvalue weighted by molar-refractivity contribution is 5.34. The van der Waals surface area contributed by atoms with Gasteiger partial charge in [0.1, 0.15) is 0 Å². The zero-order valence-corrected chi connectivity index (χ0v) is 12.2. The maximum atomic E-state index is 2.45. The first-order valence-electron chi connectivity index (χ1n) is 7.23. The largest absolute Gasteiger partial charge is 0.0648 e. The Morgan fingerprint density at radius 2 is 1.59 bits per heavy atom. The molecule has 0 heteroatoms. The third-order valence-electron chi connectivity index (χ3n) is 3.70. The molecule has 0 saturated heterocycles. The normalized spacial score (nSPS) is 11.5. The first-order valence-corrected chi connectivity index (χ1v) is 7.23. The number of rotatable bonds is 6. The Kier molecular flexibility index (Phi) is 5.74. The molecule has 0 aliphatic carbocycles. The molecular weight excluding hydrogens is 204 g/mol. The van der Waals surface area contributed by atoms with E-state index in [-0.39, 0.29) is 0 Å². The molecule has 0 aliphatic heterocycles. The maximum Gasteiger partial charge on any atom is -0.0167 e. The fraction of sp³-hybridized carbons (Fsp3) is 0.647. The highest BCUT2D eigenvalue weighted by Gasteiger charge is 2.10. The summed E-state index contributed by atoms with van der Waals surface area (Å²) in [5, 5.41) is 0. The van der Waals surface area contributed by atoms with Crippen molar-refractivity contribution in [2.75, 3.05) is 0 Å². The topological polar surface area (TPSA) is 0 Å². The van der Waals surface area contributed by atoms with Crippen molar-refractivity contribution >= 4 is 0 Å². The van der Waals surface area contributed by atoms with Crippen molar-refractivity contribution in [3.8, 4) is 0 Å². The van der Waals surface area contributed by atoms with E-state index in [2.05, 4.69) is 52.8 Å². The lowest BCUT2D eigenvalue weighted by Gasteiger charge is -2.17. The molecule has 1 rings (SSSR count). The molecule has 0 heterocycles. The van der Waals surface area contributed by atoms with Gasteiger partial charge in [0.25, 0.3) is 0 Å². The summed E-state index contributed by atoms with van der Waals surface area (Å²) in [7, 11) is 0. The maximum absolute atomic E-state index is 2.45. The summed E-state index contributed by atoms with van der Waals surface area (Å²) in [6.45, 7) is 11.5. The molecule has 0 spiro atoms. The zero-order valence-electron chi connectivity index (χ0n) is 12.2. The lowest BCUT2D eigenvalue weighted by Crippen LogP contribution is -2.02. The molecule has 0 amide bonds. The van der Waals surface area contributed by atoms with E-state index in [1.54, 1.807) is 16.7 Å². The smallest absolute Gasteiger partial charge is 0.0167 e. The van der Waals surface area contributed by atoms with Crippen LogP contribution in [0.1, 0.15) is 70.1 Å². The van der Waals surface area contributed by atoms with E-state index in [4.69, 9.17) is 0 Å². The Balaban J connectivity index is 2.99. The molecule has 0 fully saturated rings. The van der Waals surface area contributed by atoms with Crippen molar-refractivity contribution < 1.29 is 0 Å². The van der Waals surface area contributed by atoms with Gasteiger partial charge in [-0.05, 0) is 54.2 Å². The predicted molar refractivity (Wildman–Crippen MR) is 77.7 cm³/mol. The van der Waals surface area contributed by atoms with Crippen LogP contribution in [0.15, 0.2) is 18.2 Å². The molecule has 0 N–H and O–H groups in total. The fourth-order valence-electron chi connectivity index (χ4n) is 2.63. The van der Waals surface area contributed by atoms with Gasteiger partial charge in [0.15, 0.2) is 0 Å². The molecule has 0 atom stereocenters. The second kappa shape index (κ2) is 6.83. The minimum absolute atomic E-state index is 0.744. The molecule has 0 unspecified atom stereocenters. The van der Waals surface area contributed by atoms with Gasteiger partial charge >= 0.3 is 0 Å². The molecular formula is C17H28. The number of hydrogen-bond acceptors (Lipinski definition) is 0. The van der Waals surface area contributed by atoms with Crippen molar-refractivity contribution in [2.45, 2.75) is 66.2 Å². The lowest BCUT2D eigenvalue weighted by atomic mass is 9.88. The molecule has 17 heavy (non-hydrogen) atoms. The van der Waals surface area contributed by atoms with Gasteiger partial charge in [-0.25, -0.2) is 0 Å². The molecule has 0 bridgehead atoms. The highest BCUT2D eigenvalue weighted by atomic mass is 14.2. The summed E-state index contributed by atoms with van der Waals surface area (Å²) in [4.78, 5) is 0. The van der Waals surface area contributed by atoms with Crippen molar-refractivity contribution in [1.29, 1.82) is 0 Å². The summed E-state index contributed by atoms with van der Waals surface area (Å²) in [5.41, 5.74) is 4.65. The molecule has 0 aromatic heterocycles. The van der Waals surface area contributed by atoms with Crippen LogP contribution in [0.3, 0.4) is 0 Å². The Labute approximate surface area is 107 Å². The van der Waals surface area contributed by atoms with Crippen molar-refractivity contribution in [2.24, 2.45) is 5.92 Å². The van der Waals surface area contributed by atoms with Crippen molar-refractivity contribution in [1.82, 2.24) is 0 Å². The van der Waals surface area contributed by atoms with Crippen molar-refractivity contribution in [3.05, 3.63) is 34.9 Å². The average Bonchev–Trinajstić information content (AvgIpc) is 2.31. The van der Waals surface area contributed by atoms with Crippen LogP contribution in [-0.2, 0) is 12.8 Å². The average molecular weight is 232 g/mol. The van der Waals surface area contributed by atoms with Gasteiger partial charge in [0.05, 0.1) is 0 Å². The summed E-state index contributed by atoms with van der Waals surface area (Å²) in [6, 6.07) is 7.18. The Bertz CT molecular complexity index is 332.